The van der Waals surface area contributed by atoms with Crippen LogP contribution in [0.15, 0.2) is 36.7 Å². The molecule has 2 heterocycles. The van der Waals surface area contributed by atoms with E-state index >= 15 is 0 Å². The van der Waals surface area contributed by atoms with Gasteiger partial charge in [-0.1, -0.05) is 18.2 Å². The number of carboxylic acids is 1. The predicted octanol–water partition coefficient (Wildman–Crippen LogP) is 0.232. The Hall–Kier alpha value is -3.29. The summed E-state index contributed by atoms with van der Waals surface area (Å²) in [6.45, 7) is 0. The van der Waals surface area contributed by atoms with Crippen LogP contribution in [0.4, 0.5) is 5.69 Å². The van der Waals surface area contributed by atoms with E-state index in [1.165, 1.54) is 17.3 Å². The molecule has 1 unspecified atom stereocenters. The SMILES string of the molecule is NC(=O)C1Cc2ccccc2N1C(=O)c1nccnc1C(=O)O. The van der Waals surface area contributed by atoms with Crippen LogP contribution in [0.25, 0.3) is 0 Å². The first kappa shape index (κ1) is 14.6. The molecule has 3 N–H and O–H groups in total. The average molecular weight is 312 g/mol. The minimum absolute atomic E-state index is 0.278. The minimum atomic E-state index is -1.37. The lowest BCUT2D eigenvalue weighted by Crippen LogP contribution is -2.46. The highest BCUT2D eigenvalue weighted by Crippen LogP contribution is 2.33. The van der Waals surface area contributed by atoms with Crippen molar-refractivity contribution in [2.24, 2.45) is 5.73 Å². The molecular weight excluding hydrogens is 300 g/mol. The molecule has 0 spiro atoms. The predicted molar refractivity (Wildman–Crippen MR) is 78.9 cm³/mol. The van der Waals surface area contributed by atoms with Gasteiger partial charge in [-0.15, -0.1) is 0 Å². The maximum Gasteiger partial charge on any atom is 0.356 e. The molecule has 2 aromatic rings. The molecule has 0 bridgehead atoms. The molecule has 1 atom stereocenters. The third kappa shape index (κ3) is 2.39. The summed E-state index contributed by atoms with van der Waals surface area (Å²) in [5, 5.41) is 9.16. The number of hydrogen-bond acceptors (Lipinski definition) is 5. The molecule has 0 saturated carbocycles. The van der Waals surface area contributed by atoms with Crippen LogP contribution in [0.3, 0.4) is 0 Å². The molecule has 1 aliphatic rings. The second-order valence-electron chi connectivity index (χ2n) is 4.98. The van der Waals surface area contributed by atoms with Gasteiger partial charge >= 0.3 is 5.97 Å². The van der Waals surface area contributed by atoms with Crippen molar-refractivity contribution in [3.05, 3.63) is 53.6 Å². The van der Waals surface area contributed by atoms with Crippen molar-refractivity contribution in [2.75, 3.05) is 4.90 Å². The quantitative estimate of drug-likeness (QED) is 0.835. The molecule has 1 aromatic heterocycles. The van der Waals surface area contributed by atoms with Crippen LogP contribution in [0.2, 0.25) is 0 Å². The number of aromatic nitrogens is 2. The van der Waals surface area contributed by atoms with E-state index in [4.69, 9.17) is 10.8 Å². The number of fused-ring (bicyclic) bond motifs is 1. The summed E-state index contributed by atoms with van der Waals surface area (Å²) >= 11 is 0. The molecule has 0 fully saturated rings. The van der Waals surface area contributed by atoms with E-state index < -0.39 is 29.5 Å². The third-order valence-electron chi connectivity index (χ3n) is 3.63. The number of anilines is 1. The first-order valence-corrected chi connectivity index (χ1v) is 6.75. The highest BCUT2D eigenvalue weighted by Gasteiger charge is 2.39. The van der Waals surface area contributed by atoms with Crippen molar-refractivity contribution < 1.29 is 19.5 Å². The minimum Gasteiger partial charge on any atom is -0.476 e. The molecule has 23 heavy (non-hydrogen) atoms. The van der Waals surface area contributed by atoms with Crippen LogP contribution in [0.1, 0.15) is 26.5 Å². The van der Waals surface area contributed by atoms with Gasteiger partial charge in [0, 0.05) is 24.5 Å². The summed E-state index contributed by atoms with van der Waals surface area (Å²) in [5.41, 5.74) is 5.90. The monoisotopic (exact) mass is 312 g/mol. The maximum atomic E-state index is 12.8. The number of carbonyl (C=O) groups excluding carboxylic acids is 2. The summed E-state index contributed by atoms with van der Waals surface area (Å²) in [5.74, 6) is -2.76. The Balaban J connectivity index is 2.10. The highest BCUT2D eigenvalue weighted by atomic mass is 16.4. The molecule has 0 saturated heterocycles. The van der Waals surface area contributed by atoms with Crippen LogP contribution in [0.5, 0.6) is 0 Å². The van der Waals surface area contributed by atoms with Crippen LogP contribution in [-0.2, 0) is 11.2 Å². The second-order valence-corrected chi connectivity index (χ2v) is 4.98. The molecular formula is C15H12N4O4. The summed E-state index contributed by atoms with van der Waals surface area (Å²) in [6.07, 6.45) is 2.69. The largest absolute Gasteiger partial charge is 0.476 e. The fraction of sp³-hybridized carbons (Fsp3) is 0.133. The van der Waals surface area contributed by atoms with E-state index in [-0.39, 0.29) is 12.1 Å². The first-order valence-electron chi connectivity index (χ1n) is 6.75. The van der Waals surface area contributed by atoms with Gasteiger partial charge in [-0.05, 0) is 11.6 Å². The molecule has 1 aliphatic heterocycles. The fourth-order valence-electron chi connectivity index (χ4n) is 2.63. The topological polar surface area (TPSA) is 126 Å². The zero-order valence-electron chi connectivity index (χ0n) is 11.8. The zero-order valence-corrected chi connectivity index (χ0v) is 11.8. The summed E-state index contributed by atoms with van der Waals surface area (Å²) in [7, 11) is 0. The summed E-state index contributed by atoms with van der Waals surface area (Å²) in [4.78, 5) is 44.4. The number of nitrogens with two attached hydrogens (primary N) is 1. The van der Waals surface area contributed by atoms with Crippen molar-refractivity contribution in [1.82, 2.24) is 9.97 Å². The van der Waals surface area contributed by atoms with Gasteiger partial charge in [-0.3, -0.25) is 14.5 Å². The van der Waals surface area contributed by atoms with E-state index in [0.29, 0.717) is 5.69 Å². The Morgan fingerprint density at radius 3 is 2.43 bits per heavy atom. The standard InChI is InChI=1S/C15H12N4O4/c16-13(20)10-7-8-3-1-2-4-9(8)19(10)14(21)11-12(15(22)23)18-6-5-17-11/h1-6,10H,7H2,(H2,16,20)(H,22,23). The molecule has 8 nitrogen and oxygen atoms in total. The van der Waals surface area contributed by atoms with Gasteiger partial charge < -0.3 is 10.8 Å². The summed E-state index contributed by atoms with van der Waals surface area (Å²) in [6, 6.07) is 6.08. The number of para-hydroxylation sites is 1. The number of carbonyl (C=O) groups is 3. The number of aromatic carboxylic acids is 1. The smallest absolute Gasteiger partial charge is 0.356 e. The zero-order chi connectivity index (χ0) is 16.6. The van der Waals surface area contributed by atoms with Gasteiger partial charge in [0.2, 0.25) is 5.91 Å². The normalized spacial score (nSPS) is 16.0. The fourth-order valence-corrected chi connectivity index (χ4v) is 2.63. The van der Waals surface area contributed by atoms with Gasteiger partial charge in [0.15, 0.2) is 11.4 Å². The second kappa shape index (κ2) is 5.48. The lowest BCUT2D eigenvalue weighted by molar-refractivity contribution is -0.119. The van der Waals surface area contributed by atoms with Crippen molar-refractivity contribution in [3.63, 3.8) is 0 Å². The van der Waals surface area contributed by atoms with E-state index in [2.05, 4.69) is 9.97 Å². The number of nitrogens with zero attached hydrogens (tertiary/aromatic N) is 3. The number of primary amides is 1. The third-order valence-corrected chi connectivity index (χ3v) is 3.63. The Bertz CT molecular complexity index is 821. The van der Waals surface area contributed by atoms with Gasteiger partial charge in [0.25, 0.3) is 5.91 Å². The molecule has 1 aromatic carbocycles. The Morgan fingerprint density at radius 1 is 1.13 bits per heavy atom. The highest BCUT2D eigenvalue weighted by molar-refractivity contribution is 6.13. The molecule has 2 amide bonds. The van der Waals surface area contributed by atoms with E-state index in [1.807, 2.05) is 0 Å². The number of hydrogen-bond donors (Lipinski definition) is 2. The molecule has 8 heteroatoms. The van der Waals surface area contributed by atoms with Gasteiger partial charge in [-0.25, -0.2) is 14.8 Å². The number of amides is 2. The van der Waals surface area contributed by atoms with Gasteiger partial charge in [0.1, 0.15) is 6.04 Å². The van der Waals surface area contributed by atoms with Crippen LogP contribution in [0, 0.1) is 0 Å². The van der Waals surface area contributed by atoms with Crippen LogP contribution < -0.4 is 10.6 Å². The van der Waals surface area contributed by atoms with E-state index in [0.717, 1.165) is 5.56 Å². The first-order chi connectivity index (χ1) is 11.0. The number of rotatable bonds is 3. The molecule has 3 rings (SSSR count). The van der Waals surface area contributed by atoms with Crippen molar-refractivity contribution in [1.29, 1.82) is 0 Å². The lowest BCUT2D eigenvalue weighted by atomic mass is 10.1. The maximum absolute atomic E-state index is 12.8. The van der Waals surface area contributed by atoms with Gasteiger partial charge in [0.05, 0.1) is 0 Å². The molecule has 0 aliphatic carbocycles. The van der Waals surface area contributed by atoms with Crippen molar-refractivity contribution in [3.8, 4) is 0 Å². The Labute approximate surface area is 130 Å². The van der Waals surface area contributed by atoms with E-state index in [9.17, 15) is 14.4 Å². The van der Waals surface area contributed by atoms with Gasteiger partial charge in [-0.2, -0.15) is 0 Å². The summed E-state index contributed by atoms with van der Waals surface area (Å²) < 4.78 is 0. The van der Waals surface area contributed by atoms with E-state index in [1.54, 1.807) is 24.3 Å². The Morgan fingerprint density at radius 2 is 1.78 bits per heavy atom. The number of carboxylic acid groups (broad SMARTS) is 1. The molecule has 116 valence electrons. The average Bonchev–Trinajstić information content (AvgIpc) is 2.94. The van der Waals surface area contributed by atoms with Crippen LogP contribution >= 0.6 is 0 Å². The molecule has 0 radical (unpaired) electrons. The van der Waals surface area contributed by atoms with Crippen molar-refractivity contribution in [2.45, 2.75) is 12.5 Å². The van der Waals surface area contributed by atoms with Crippen molar-refractivity contribution >= 4 is 23.5 Å². The lowest BCUT2D eigenvalue weighted by Gasteiger charge is -2.23. The number of benzene rings is 1. The Kier molecular flexibility index (Phi) is 3.49. The van der Waals surface area contributed by atoms with Crippen LogP contribution in [-0.4, -0.2) is 38.9 Å².